The highest BCUT2D eigenvalue weighted by molar-refractivity contribution is 8.16. The maximum atomic E-state index is 13.1. The van der Waals surface area contributed by atoms with Gasteiger partial charge in [-0.15, -0.1) is 0 Å². The Bertz CT molecular complexity index is 1070. The topological polar surface area (TPSA) is 71.0 Å². The number of amidine groups is 1. The summed E-state index contributed by atoms with van der Waals surface area (Å²) in [6.07, 6.45) is 1.95. The second-order valence-electron chi connectivity index (χ2n) is 6.43. The minimum absolute atomic E-state index is 0.0125. The van der Waals surface area contributed by atoms with E-state index in [4.69, 9.17) is 4.74 Å². The predicted molar refractivity (Wildman–Crippen MR) is 108 cm³/mol. The molecule has 2 heterocycles. The third-order valence-electron chi connectivity index (χ3n) is 4.60. The monoisotopic (exact) mass is 419 g/mol. The van der Waals surface area contributed by atoms with Crippen LogP contribution in [0.3, 0.4) is 0 Å². The number of methoxy groups -OCH3 is 1. The smallest absolute Gasteiger partial charge is 0.265 e. The van der Waals surface area contributed by atoms with Crippen molar-refractivity contribution in [2.45, 2.75) is 23.9 Å². The summed E-state index contributed by atoms with van der Waals surface area (Å²) in [4.78, 5) is 6.69. The van der Waals surface area contributed by atoms with Gasteiger partial charge < -0.3 is 9.64 Å². The molecule has 2 unspecified atom stereocenters. The molecule has 2 aromatic rings. The van der Waals surface area contributed by atoms with E-state index >= 15 is 0 Å². The molecule has 0 spiro atoms. The van der Waals surface area contributed by atoms with Crippen molar-refractivity contribution in [3.63, 3.8) is 0 Å². The third kappa shape index (κ3) is 3.35. The standard InChI is InChI=1S/C19H18FN3O3S2/c1-12-18(23-9-10-27-19(23)21-12)13-3-8-16(26-2)17(11-13)28(24,25)22-15-6-4-14(20)5-7-15/h3-12,18,22H,1-2H3. The maximum absolute atomic E-state index is 13.1. The summed E-state index contributed by atoms with van der Waals surface area (Å²) < 4.78 is 46.9. The average Bonchev–Trinajstić information content (AvgIpc) is 3.23. The van der Waals surface area contributed by atoms with Gasteiger partial charge in [0.25, 0.3) is 10.0 Å². The van der Waals surface area contributed by atoms with Gasteiger partial charge in [-0.3, -0.25) is 9.71 Å². The van der Waals surface area contributed by atoms with Crippen LogP contribution in [0.2, 0.25) is 0 Å². The highest BCUT2D eigenvalue weighted by Crippen LogP contribution is 2.41. The van der Waals surface area contributed by atoms with Gasteiger partial charge in [0.2, 0.25) is 0 Å². The summed E-state index contributed by atoms with van der Waals surface area (Å²) in [5, 5.41) is 2.86. The minimum Gasteiger partial charge on any atom is -0.495 e. The highest BCUT2D eigenvalue weighted by Gasteiger charge is 2.36. The lowest BCUT2D eigenvalue weighted by Gasteiger charge is -2.24. The van der Waals surface area contributed by atoms with Crippen LogP contribution in [-0.2, 0) is 10.0 Å². The number of nitrogens with zero attached hydrogens (tertiary/aromatic N) is 2. The fraction of sp³-hybridized carbons (Fsp3) is 0.211. The van der Waals surface area contributed by atoms with Gasteiger partial charge in [0.05, 0.1) is 19.2 Å². The Labute approximate surface area is 167 Å². The van der Waals surface area contributed by atoms with Crippen molar-refractivity contribution in [3.05, 3.63) is 65.5 Å². The second kappa shape index (κ2) is 7.14. The first-order valence-corrected chi connectivity index (χ1v) is 10.9. The van der Waals surface area contributed by atoms with Gasteiger partial charge in [-0.25, -0.2) is 12.8 Å². The molecular weight excluding hydrogens is 401 g/mol. The van der Waals surface area contributed by atoms with E-state index in [1.807, 2.05) is 29.5 Å². The highest BCUT2D eigenvalue weighted by atomic mass is 32.2. The average molecular weight is 420 g/mol. The third-order valence-corrected chi connectivity index (χ3v) is 6.79. The summed E-state index contributed by atoms with van der Waals surface area (Å²) in [6, 6.07) is 10.1. The molecule has 2 atom stereocenters. The lowest BCUT2D eigenvalue weighted by molar-refractivity contribution is 0.395. The summed E-state index contributed by atoms with van der Waals surface area (Å²) in [6.45, 7) is 2.00. The number of hydrogen-bond acceptors (Lipinski definition) is 6. The largest absolute Gasteiger partial charge is 0.495 e. The molecular formula is C19H18FN3O3S2. The van der Waals surface area contributed by atoms with Crippen molar-refractivity contribution in [2.24, 2.45) is 4.99 Å². The van der Waals surface area contributed by atoms with Crippen molar-refractivity contribution in [2.75, 3.05) is 11.8 Å². The molecule has 0 amide bonds. The van der Waals surface area contributed by atoms with E-state index in [1.165, 1.54) is 31.4 Å². The lowest BCUT2D eigenvalue weighted by Crippen LogP contribution is -2.25. The number of benzene rings is 2. The van der Waals surface area contributed by atoms with Crippen molar-refractivity contribution in [1.82, 2.24) is 4.90 Å². The van der Waals surface area contributed by atoms with Crippen LogP contribution < -0.4 is 9.46 Å². The molecule has 2 aromatic carbocycles. The number of hydrogen-bond donors (Lipinski definition) is 1. The molecule has 2 aliphatic rings. The quantitative estimate of drug-likeness (QED) is 0.795. The van der Waals surface area contributed by atoms with E-state index in [2.05, 4.69) is 9.71 Å². The fourth-order valence-corrected chi connectivity index (χ4v) is 5.42. The normalized spacial score (nSPS) is 20.8. The molecule has 6 nitrogen and oxygen atoms in total. The molecule has 1 N–H and O–H groups in total. The molecule has 2 aliphatic heterocycles. The number of halogens is 1. The Kier molecular flexibility index (Phi) is 4.80. The Morgan fingerprint density at radius 1 is 1.21 bits per heavy atom. The Hall–Kier alpha value is -2.52. The van der Waals surface area contributed by atoms with E-state index < -0.39 is 15.8 Å². The van der Waals surface area contributed by atoms with Crippen LogP contribution in [0.5, 0.6) is 5.75 Å². The molecule has 9 heteroatoms. The van der Waals surface area contributed by atoms with Crippen LogP contribution in [0, 0.1) is 5.82 Å². The van der Waals surface area contributed by atoms with Crippen LogP contribution in [0.4, 0.5) is 10.1 Å². The fourth-order valence-electron chi connectivity index (χ4n) is 3.32. The van der Waals surface area contributed by atoms with Crippen LogP contribution in [0.25, 0.3) is 0 Å². The van der Waals surface area contributed by atoms with E-state index in [0.717, 1.165) is 10.7 Å². The molecule has 0 bridgehead atoms. The number of ether oxygens (including phenoxy) is 1. The van der Waals surface area contributed by atoms with Crippen molar-refractivity contribution < 1.29 is 17.5 Å². The Morgan fingerprint density at radius 2 is 1.96 bits per heavy atom. The Morgan fingerprint density at radius 3 is 2.68 bits per heavy atom. The van der Waals surface area contributed by atoms with Gasteiger partial charge in [0.15, 0.2) is 5.17 Å². The molecule has 0 fully saturated rings. The summed E-state index contributed by atoms with van der Waals surface area (Å²) in [5.74, 6) is -0.207. The zero-order chi connectivity index (χ0) is 19.9. The van der Waals surface area contributed by atoms with Crippen LogP contribution in [0.15, 0.2) is 64.0 Å². The zero-order valence-corrected chi connectivity index (χ0v) is 16.8. The maximum Gasteiger partial charge on any atom is 0.265 e. The summed E-state index contributed by atoms with van der Waals surface area (Å²) >= 11 is 1.54. The van der Waals surface area contributed by atoms with Gasteiger partial charge >= 0.3 is 0 Å². The molecule has 0 aliphatic carbocycles. The molecule has 0 aromatic heterocycles. The van der Waals surface area contributed by atoms with Crippen molar-refractivity contribution in [1.29, 1.82) is 0 Å². The number of thioether (sulfide) groups is 1. The van der Waals surface area contributed by atoms with Gasteiger partial charge in [0.1, 0.15) is 16.5 Å². The number of fused-ring (bicyclic) bond motifs is 1. The predicted octanol–water partition coefficient (Wildman–Crippen LogP) is 3.95. The van der Waals surface area contributed by atoms with E-state index in [1.54, 1.807) is 23.9 Å². The number of rotatable bonds is 5. The summed E-state index contributed by atoms with van der Waals surface area (Å²) in [7, 11) is -2.52. The number of sulfonamides is 1. The van der Waals surface area contributed by atoms with Crippen LogP contribution in [-0.4, -0.2) is 31.6 Å². The summed E-state index contributed by atoms with van der Waals surface area (Å²) in [5.41, 5.74) is 1.09. The SMILES string of the molecule is COc1ccc(C2C(C)N=C3SC=CN32)cc1S(=O)(=O)Nc1ccc(F)cc1. The van der Waals surface area contributed by atoms with E-state index in [-0.39, 0.29) is 28.4 Å². The van der Waals surface area contributed by atoms with Gasteiger partial charge in [-0.1, -0.05) is 17.8 Å². The zero-order valence-electron chi connectivity index (χ0n) is 15.2. The van der Waals surface area contributed by atoms with Crippen molar-refractivity contribution >= 4 is 32.6 Å². The second-order valence-corrected chi connectivity index (χ2v) is 8.95. The van der Waals surface area contributed by atoms with Gasteiger partial charge in [-0.2, -0.15) is 0 Å². The molecule has 28 heavy (non-hydrogen) atoms. The van der Waals surface area contributed by atoms with Gasteiger partial charge in [0, 0.05) is 11.9 Å². The number of anilines is 1. The van der Waals surface area contributed by atoms with Gasteiger partial charge in [-0.05, 0) is 54.3 Å². The van der Waals surface area contributed by atoms with E-state index in [0.29, 0.717) is 0 Å². The van der Waals surface area contributed by atoms with Crippen molar-refractivity contribution in [3.8, 4) is 5.75 Å². The first kappa shape index (κ1) is 18.8. The van der Waals surface area contributed by atoms with E-state index in [9.17, 15) is 12.8 Å². The molecule has 0 saturated heterocycles. The first-order chi connectivity index (χ1) is 13.4. The van der Waals surface area contributed by atoms with Crippen LogP contribution >= 0.6 is 11.8 Å². The molecule has 146 valence electrons. The minimum atomic E-state index is -3.94. The number of nitrogens with one attached hydrogen (secondary N) is 1. The first-order valence-electron chi connectivity index (χ1n) is 8.55. The Balaban J connectivity index is 1.71. The number of aliphatic imine (C=N–C) groups is 1. The molecule has 0 saturated carbocycles. The molecule has 0 radical (unpaired) electrons. The van der Waals surface area contributed by atoms with Crippen LogP contribution in [0.1, 0.15) is 18.5 Å². The lowest BCUT2D eigenvalue weighted by atomic mass is 10.0. The molecule has 4 rings (SSSR count).